The summed E-state index contributed by atoms with van der Waals surface area (Å²) in [5.74, 6) is -0.796. The molecule has 0 spiro atoms. The summed E-state index contributed by atoms with van der Waals surface area (Å²) in [6, 6.07) is 19.5. The van der Waals surface area contributed by atoms with Gasteiger partial charge in [-0.3, -0.25) is 0 Å². The van der Waals surface area contributed by atoms with Gasteiger partial charge in [-0.05, 0) is 54.3 Å². The Morgan fingerprint density at radius 2 is 1.28 bits per heavy atom. The minimum Gasteiger partial charge on any atom is -0.457 e. The summed E-state index contributed by atoms with van der Waals surface area (Å²) in [4.78, 5) is 23.1. The highest BCUT2D eigenvalue weighted by atomic mass is 19.1. The van der Waals surface area contributed by atoms with Crippen LogP contribution < -0.4 is 4.74 Å². The van der Waals surface area contributed by atoms with Crippen molar-refractivity contribution < 1.29 is 23.5 Å². The molecule has 0 aliphatic carbocycles. The maximum Gasteiger partial charge on any atom is 0.338 e. The highest BCUT2D eigenvalue weighted by molar-refractivity contribution is 5.89. The molecule has 5 heteroatoms. The van der Waals surface area contributed by atoms with E-state index in [0.29, 0.717) is 22.5 Å². The van der Waals surface area contributed by atoms with E-state index >= 15 is 0 Å². The maximum absolute atomic E-state index is 14.6. The zero-order valence-electron chi connectivity index (χ0n) is 20.3. The van der Waals surface area contributed by atoms with Crippen molar-refractivity contribution in [3.05, 3.63) is 125 Å². The number of hydrogen-bond acceptors (Lipinski definition) is 4. The van der Waals surface area contributed by atoms with Gasteiger partial charge in [-0.15, -0.1) is 0 Å². The molecule has 0 radical (unpaired) electrons. The first kappa shape index (κ1) is 26.1. The predicted octanol–water partition coefficient (Wildman–Crippen LogP) is 7.27. The summed E-state index contributed by atoms with van der Waals surface area (Å²) < 4.78 is 24.9. The Balaban J connectivity index is 1.59. The molecule has 36 heavy (non-hydrogen) atoms. The summed E-state index contributed by atoms with van der Waals surface area (Å²) in [7, 11) is 0. The maximum atomic E-state index is 14.6. The van der Waals surface area contributed by atoms with Crippen LogP contribution in [0.5, 0.6) is 5.75 Å². The van der Waals surface area contributed by atoms with E-state index in [2.05, 4.69) is 13.2 Å². The second kappa shape index (κ2) is 12.3. The van der Waals surface area contributed by atoms with E-state index in [0.717, 1.165) is 22.3 Å². The fraction of sp³-hybridized carbons (Fsp3) is 0.0968. The van der Waals surface area contributed by atoms with Crippen molar-refractivity contribution in [3.63, 3.8) is 0 Å². The van der Waals surface area contributed by atoms with Crippen LogP contribution in [0.4, 0.5) is 4.39 Å². The third-order valence-corrected chi connectivity index (χ3v) is 5.09. The van der Waals surface area contributed by atoms with Crippen molar-refractivity contribution in [1.29, 1.82) is 0 Å². The van der Waals surface area contributed by atoms with Gasteiger partial charge >= 0.3 is 11.9 Å². The molecule has 0 atom stereocenters. The Hall–Kier alpha value is -4.51. The third kappa shape index (κ3) is 7.77. The van der Waals surface area contributed by atoms with Gasteiger partial charge in [0.25, 0.3) is 0 Å². The Kier molecular flexibility index (Phi) is 8.89. The summed E-state index contributed by atoms with van der Waals surface area (Å²) >= 11 is 0. The number of hydrogen-bond donors (Lipinski definition) is 0. The van der Waals surface area contributed by atoms with Gasteiger partial charge in [-0.1, -0.05) is 86.0 Å². The van der Waals surface area contributed by atoms with Crippen molar-refractivity contribution in [2.75, 3.05) is 0 Å². The summed E-state index contributed by atoms with van der Waals surface area (Å²) in [6.07, 6.45) is 7.19. The van der Waals surface area contributed by atoms with E-state index in [1.165, 1.54) is 6.07 Å². The van der Waals surface area contributed by atoms with Gasteiger partial charge in [0.2, 0.25) is 0 Å². The van der Waals surface area contributed by atoms with E-state index in [-0.39, 0.29) is 12.4 Å². The van der Waals surface area contributed by atoms with Crippen molar-refractivity contribution >= 4 is 36.2 Å². The van der Waals surface area contributed by atoms with E-state index in [1.54, 1.807) is 50.3 Å². The summed E-state index contributed by atoms with van der Waals surface area (Å²) in [5, 5.41) is 0. The van der Waals surface area contributed by atoms with Crippen LogP contribution >= 0.6 is 0 Å². The second-order valence-corrected chi connectivity index (χ2v) is 8.28. The van der Waals surface area contributed by atoms with Crippen molar-refractivity contribution in [3.8, 4) is 5.75 Å². The first-order chi connectivity index (χ1) is 17.2. The van der Waals surface area contributed by atoms with E-state index in [4.69, 9.17) is 9.47 Å². The normalized spacial score (nSPS) is 11.0. The molecule has 4 nitrogen and oxygen atoms in total. The van der Waals surface area contributed by atoms with Gasteiger partial charge in [0.15, 0.2) is 0 Å². The lowest BCUT2D eigenvalue weighted by atomic mass is 10.1. The second-order valence-electron chi connectivity index (χ2n) is 8.28. The Morgan fingerprint density at radius 3 is 1.86 bits per heavy atom. The lowest BCUT2D eigenvalue weighted by molar-refractivity contribution is -0.140. The Bertz CT molecular complexity index is 1330. The van der Waals surface area contributed by atoms with Crippen LogP contribution in [-0.4, -0.2) is 11.9 Å². The molecule has 0 aliphatic rings. The van der Waals surface area contributed by atoms with Gasteiger partial charge in [0.05, 0.1) is 0 Å². The number of halogens is 1. The molecular formula is C31H27FO4. The largest absolute Gasteiger partial charge is 0.457 e. The highest BCUT2D eigenvalue weighted by Crippen LogP contribution is 2.19. The molecule has 0 unspecified atom stereocenters. The topological polar surface area (TPSA) is 52.6 Å². The Labute approximate surface area is 210 Å². The molecule has 0 saturated heterocycles. The molecule has 3 aromatic rings. The average molecular weight is 483 g/mol. The predicted molar refractivity (Wildman–Crippen MR) is 142 cm³/mol. The third-order valence-electron chi connectivity index (χ3n) is 5.09. The smallest absolute Gasteiger partial charge is 0.338 e. The molecule has 182 valence electrons. The molecule has 0 bridgehead atoms. The number of esters is 2. The SMILES string of the molecule is C=C(C)C(=O)OCc1ccc(/C=C/c2ccc(/C=C/c3ccc(OC(=O)C(=C)C)cc3)cc2F)cc1. The highest BCUT2D eigenvalue weighted by Gasteiger charge is 2.05. The zero-order valence-corrected chi connectivity index (χ0v) is 20.3. The molecule has 3 aromatic carbocycles. The van der Waals surface area contributed by atoms with Gasteiger partial charge in [-0.25, -0.2) is 14.0 Å². The first-order valence-corrected chi connectivity index (χ1v) is 11.3. The number of rotatable bonds is 9. The lowest BCUT2D eigenvalue weighted by Gasteiger charge is -2.05. The van der Waals surface area contributed by atoms with Crippen LogP contribution in [0.1, 0.15) is 41.7 Å². The number of ether oxygens (including phenoxy) is 2. The van der Waals surface area contributed by atoms with E-state index < -0.39 is 11.9 Å². The van der Waals surface area contributed by atoms with Crippen molar-refractivity contribution in [1.82, 2.24) is 0 Å². The number of carbonyl (C=O) groups excluding carboxylic acids is 2. The minimum atomic E-state index is -0.471. The van der Waals surface area contributed by atoms with Crippen LogP contribution in [0.15, 0.2) is 91.0 Å². The van der Waals surface area contributed by atoms with Gasteiger partial charge in [0.1, 0.15) is 18.2 Å². The van der Waals surface area contributed by atoms with E-state index in [9.17, 15) is 14.0 Å². The number of carbonyl (C=O) groups is 2. The van der Waals surface area contributed by atoms with Gasteiger partial charge < -0.3 is 9.47 Å². The average Bonchev–Trinajstić information content (AvgIpc) is 2.86. The molecule has 0 saturated carbocycles. The molecule has 0 heterocycles. The van der Waals surface area contributed by atoms with Crippen LogP contribution in [0.25, 0.3) is 24.3 Å². The van der Waals surface area contributed by atoms with Gasteiger partial charge in [0, 0.05) is 16.7 Å². The monoisotopic (exact) mass is 482 g/mol. The lowest BCUT2D eigenvalue weighted by Crippen LogP contribution is -2.07. The quantitative estimate of drug-likeness (QED) is 0.139. The van der Waals surface area contributed by atoms with Gasteiger partial charge in [-0.2, -0.15) is 0 Å². The van der Waals surface area contributed by atoms with Crippen LogP contribution in [-0.2, 0) is 20.9 Å². The molecule has 0 aromatic heterocycles. The van der Waals surface area contributed by atoms with Crippen molar-refractivity contribution in [2.45, 2.75) is 20.5 Å². The first-order valence-electron chi connectivity index (χ1n) is 11.3. The standard InChI is InChI=1S/C31H27FO4/c1-21(2)30(33)35-20-26-9-6-23(7-10-26)11-15-27-16-12-25(19-29(27)32)8-5-24-13-17-28(18-14-24)36-31(34)22(3)4/h5-19H,1,3,20H2,2,4H3/b8-5+,15-11+. The fourth-order valence-corrected chi connectivity index (χ4v) is 3.00. The molecule has 0 fully saturated rings. The summed E-state index contributed by atoms with van der Waals surface area (Å²) in [5.41, 5.74) is 4.50. The van der Waals surface area contributed by atoms with Crippen LogP contribution in [0.3, 0.4) is 0 Å². The molecule has 3 rings (SSSR count). The number of benzene rings is 3. The molecule has 0 aliphatic heterocycles. The van der Waals surface area contributed by atoms with Crippen LogP contribution in [0.2, 0.25) is 0 Å². The Morgan fingerprint density at radius 1 is 0.750 bits per heavy atom. The molecule has 0 N–H and O–H groups in total. The molecule has 0 amide bonds. The zero-order chi connectivity index (χ0) is 26.1. The fourth-order valence-electron chi connectivity index (χ4n) is 3.00. The van der Waals surface area contributed by atoms with Crippen molar-refractivity contribution in [2.24, 2.45) is 0 Å². The van der Waals surface area contributed by atoms with E-state index in [1.807, 2.05) is 48.6 Å². The summed E-state index contributed by atoms with van der Waals surface area (Å²) in [6.45, 7) is 10.5. The molecular weight excluding hydrogens is 455 g/mol. The van der Waals surface area contributed by atoms with Crippen LogP contribution in [0, 0.1) is 5.82 Å². The minimum absolute atomic E-state index is 0.173.